The van der Waals surface area contributed by atoms with E-state index in [2.05, 4.69) is 46.8 Å². The minimum absolute atomic E-state index is 0.0260. The fourth-order valence-electron chi connectivity index (χ4n) is 2.48. The van der Waals surface area contributed by atoms with Crippen LogP contribution >= 0.6 is 0 Å². The number of hydrogen-bond acceptors (Lipinski definition) is 5. The molecule has 1 aliphatic heterocycles. The predicted molar refractivity (Wildman–Crippen MR) is 84.7 cm³/mol. The van der Waals surface area contributed by atoms with Crippen molar-refractivity contribution in [3.05, 3.63) is 17.8 Å². The Kier molecular flexibility index (Phi) is 4.33. The second-order valence-corrected chi connectivity index (χ2v) is 7.27. The monoisotopic (exact) mass is 290 g/mol. The molecule has 1 fully saturated rings. The number of carbonyl (C=O) groups is 1. The Morgan fingerprint density at radius 2 is 1.62 bits per heavy atom. The lowest BCUT2D eigenvalue weighted by Gasteiger charge is -2.41. The second-order valence-electron chi connectivity index (χ2n) is 7.27. The van der Waals surface area contributed by atoms with Crippen LogP contribution in [0.5, 0.6) is 0 Å². The Morgan fingerprint density at radius 3 is 2.05 bits per heavy atom. The number of anilines is 1. The fraction of sp³-hybridized carbons (Fsp3) is 0.688. The lowest BCUT2D eigenvalue weighted by Crippen LogP contribution is -2.55. The van der Waals surface area contributed by atoms with E-state index in [1.54, 1.807) is 0 Å². The SMILES string of the molecule is CC(C)(C)c1ccc(N2CCN(C(C)(C)C=O)CC2)nn1. The first-order valence-corrected chi connectivity index (χ1v) is 7.54. The van der Waals surface area contributed by atoms with Gasteiger partial charge in [0.2, 0.25) is 0 Å². The molecule has 21 heavy (non-hydrogen) atoms. The Balaban J connectivity index is 2.01. The van der Waals surface area contributed by atoms with Crippen molar-refractivity contribution in [2.24, 2.45) is 0 Å². The molecule has 5 heteroatoms. The van der Waals surface area contributed by atoms with Crippen molar-refractivity contribution in [3.8, 4) is 0 Å². The molecule has 0 saturated carbocycles. The van der Waals surface area contributed by atoms with Gasteiger partial charge in [-0.25, -0.2) is 0 Å². The minimum atomic E-state index is -0.381. The summed E-state index contributed by atoms with van der Waals surface area (Å²) in [7, 11) is 0. The number of hydrogen-bond donors (Lipinski definition) is 0. The third-order valence-electron chi connectivity index (χ3n) is 4.13. The average molecular weight is 290 g/mol. The summed E-state index contributed by atoms with van der Waals surface area (Å²) in [6.07, 6.45) is 1.03. The molecule has 0 aliphatic carbocycles. The van der Waals surface area contributed by atoms with E-state index >= 15 is 0 Å². The fourth-order valence-corrected chi connectivity index (χ4v) is 2.48. The maximum Gasteiger partial charge on any atom is 0.151 e. The zero-order chi connectivity index (χ0) is 15.7. The van der Waals surface area contributed by atoms with Gasteiger partial charge in [0.15, 0.2) is 5.82 Å². The summed E-state index contributed by atoms with van der Waals surface area (Å²) >= 11 is 0. The van der Waals surface area contributed by atoms with Gasteiger partial charge in [-0.05, 0) is 26.0 Å². The van der Waals surface area contributed by atoms with Crippen LogP contribution in [0.15, 0.2) is 12.1 Å². The van der Waals surface area contributed by atoms with Crippen molar-refractivity contribution in [3.63, 3.8) is 0 Å². The van der Waals surface area contributed by atoms with Crippen LogP contribution in [0.1, 0.15) is 40.3 Å². The second kappa shape index (κ2) is 5.72. The van der Waals surface area contributed by atoms with E-state index in [0.717, 1.165) is 44.0 Å². The van der Waals surface area contributed by atoms with Crippen molar-refractivity contribution in [2.75, 3.05) is 31.1 Å². The number of aromatic nitrogens is 2. The van der Waals surface area contributed by atoms with E-state index in [1.165, 1.54) is 0 Å². The summed E-state index contributed by atoms with van der Waals surface area (Å²) in [5, 5.41) is 8.71. The molecule has 0 unspecified atom stereocenters. The van der Waals surface area contributed by atoms with Gasteiger partial charge in [-0.1, -0.05) is 20.8 Å². The molecular formula is C16H26N4O. The number of rotatable bonds is 3. The summed E-state index contributed by atoms with van der Waals surface area (Å²) in [4.78, 5) is 15.6. The molecule has 0 spiro atoms. The summed E-state index contributed by atoms with van der Waals surface area (Å²) < 4.78 is 0. The molecule has 5 nitrogen and oxygen atoms in total. The molecule has 0 amide bonds. The molecule has 2 rings (SSSR count). The minimum Gasteiger partial charge on any atom is -0.353 e. The number of aldehydes is 1. The van der Waals surface area contributed by atoms with Crippen LogP contribution in [-0.2, 0) is 10.2 Å². The van der Waals surface area contributed by atoms with Gasteiger partial charge in [0.25, 0.3) is 0 Å². The lowest BCUT2D eigenvalue weighted by atomic mass is 9.92. The maximum absolute atomic E-state index is 11.1. The summed E-state index contributed by atoms with van der Waals surface area (Å²) in [5.74, 6) is 0.923. The third-order valence-corrected chi connectivity index (χ3v) is 4.13. The predicted octanol–water partition coefficient (Wildman–Crippen LogP) is 1.87. The molecule has 1 saturated heterocycles. The molecule has 1 aromatic rings. The highest BCUT2D eigenvalue weighted by Crippen LogP contribution is 2.22. The van der Waals surface area contributed by atoms with Crippen molar-refractivity contribution in [1.82, 2.24) is 15.1 Å². The Labute approximate surface area is 127 Å². The van der Waals surface area contributed by atoms with Crippen LogP contribution in [0.2, 0.25) is 0 Å². The van der Waals surface area contributed by atoms with Crippen LogP contribution in [0.3, 0.4) is 0 Å². The van der Waals surface area contributed by atoms with Crippen molar-refractivity contribution >= 4 is 12.1 Å². The zero-order valence-electron chi connectivity index (χ0n) is 13.8. The van der Waals surface area contributed by atoms with Crippen LogP contribution in [0, 0.1) is 0 Å². The molecule has 0 bridgehead atoms. The molecule has 0 radical (unpaired) electrons. The molecule has 1 aliphatic rings. The van der Waals surface area contributed by atoms with E-state index in [-0.39, 0.29) is 11.0 Å². The molecular weight excluding hydrogens is 264 g/mol. The molecule has 0 aromatic carbocycles. The third kappa shape index (κ3) is 3.59. The quantitative estimate of drug-likeness (QED) is 0.796. The standard InChI is InChI=1S/C16H26N4O/c1-15(2,3)13-6-7-14(18-17-13)19-8-10-20(11-9-19)16(4,5)12-21/h6-7,12H,8-11H2,1-5H3. The molecule has 116 valence electrons. The van der Waals surface area contributed by atoms with E-state index in [1.807, 2.05) is 19.9 Å². The zero-order valence-corrected chi connectivity index (χ0v) is 13.8. The van der Waals surface area contributed by atoms with Crippen molar-refractivity contribution in [2.45, 2.75) is 45.6 Å². The van der Waals surface area contributed by atoms with E-state index in [4.69, 9.17) is 0 Å². The Morgan fingerprint density at radius 1 is 1.00 bits per heavy atom. The molecule has 1 aromatic heterocycles. The maximum atomic E-state index is 11.1. The first kappa shape index (κ1) is 15.9. The van der Waals surface area contributed by atoms with E-state index in [0.29, 0.717) is 0 Å². The van der Waals surface area contributed by atoms with Gasteiger partial charge in [0.1, 0.15) is 6.29 Å². The summed E-state index contributed by atoms with van der Waals surface area (Å²) in [5.41, 5.74) is 0.651. The van der Waals surface area contributed by atoms with Gasteiger partial charge in [-0.2, -0.15) is 5.10 Å². The van der Waals surface area contributed by atoms with Crippen LogP contribution in [0.25, 0.3) is 0 Å². The van der Waals surface area contributed by atoms with E-state index in [9.17, 15) is 4.79 Å². The van der Waals surface area contributed by atoms with Crippen LogP contribution < -0.4 is 4.90 Å². The normalized spacial score (nSPS) is 17.9. The smallest absolute Gasteiger partial charge is 0.151 e. The largest absolute Gasteiger partial charge is 0.353 e. The van der Waals surface area contributed by atoms with Gasteiger partial charge in [0, 0.05) is 31.6 Å². The Hall–Kier alpha value is -1.49. The van der Waals surface area contributed by atoms with Crippen molar-refractivity contribution in [1.29, 1.82) is 0 Å². The Bertz CT molecular complexity index is 482. The first-order valence-electron chi connectivity index (χ1n) is 7.54. The van der Waals surface area contributed by atoms with E-state index < -0.39 is 0 Å². The molecule has 0 N–H and O–H groups in total. The van der Waals surface area contributed by atoms with Crippen LogP contribution in [0.4, 0.5) is 5.82 Å². The van der Waals surface area contributed by atoms with Gasteiger partial charge in [-0.3, -0.25) is 4.90 Å². The summed E-state index contributed by atoms with van der Waals surface area (Å²) in [6.45, 7) is 13.8. The molecule has 2 heterocycles. The molecule has 0 atom stereocenters. The van der Waals surface area contributed by atoms with Gasteiger partial charge in [0.05, 0.1) is 11.2 Å². The average Bonchev–Trinajstić information content (AvgIpc) is 2.47. The number of piperazine rings is 1. The van der Waals surface area contributed by atoms with Gasteiger partial charge >= 0.3 is 0 Å². The van der Waals surface area contributed by atoms with Gasteiger partial charge < -0.3 is 9.69 Å². The highest BCUT2D eigenvalue weighted by molar-refractivity contribution is 5.62. The number of carbonyl (C=O) groups excluding carboxylic acids is 1. The van der Waals surface area contributed by atoms with Crippen LogP contribution in [-0.4, -0.2) is 53.1 Å². The highest BCUT2D eigenvalue weighted by Gasteiger charge is 2.30. The van der Waals surface area contributed by atoms with Gasteiger partial charge in [-0.15, -0.1) is 5.10 Å². The lowest BCUT2D eigenvalue weighted by molar-refractivity contribution is -0.117. The highest BCUT2D eigenvalue weighted by atomic mass is 16.1. The van der Waals surface area contributed by atoms with Crippen molar-refractivity contribution < 1.29 is 4.79 Å². The summed E-state index contributed by atoms with van der Waals surface area (Å²) in [6, 6.07) is 4.11. The number of nitrogens with zero attached hydrogens (tertiary/aromatic N) is 4. The topological polar surface area (TPSA) is 49.3 Å². The first-order chi connectivity index (χ1) is 9.74.